The molecule has 0 unspecified atom stereocenters. The highest BCUT2D eigenvalue weighted by Gasteiger charge is 2.42. The average Bonchev–Trinajstić information content (AvgIpc) is 2.54. The number of hydrogen-bond donors (Lipinski definition) is 4. The molecule has 26 heavy (non-hydrogen) atoms. The number of rotatable bonds is 3. The van der Waals surface area contributed by atoms with Crippen molar-refractivity contribution in [2.75, 3.05) is 4.90 Å². The van der Waals surface area contributed by atoms with Gasteiger partial charge in [-0.1, -0.05) is 6.42 Å². The van der Waals surface area contributed by atoms with E-state index in [1.807, 2.05) is 4.90 Å². The van der Waals surface area contributed by atoms with Crippen molar-refractivity contribution in [3.05, 3.63) is 24.3 Å². The van der Waals surface area contributed by atoms with E-state index in [4.69, 9.17) is 22.9 Å². The third-order valence-corrected chi connectivity index (χ3v) is 5.79. The van der Waals surface area contributed by atoms with Crippen molar-refractivity contribution in [2.45, 2.75) is 42.7 Å². The van der Waals surface area contributed by atoms with E-state index in [1.54, 1.807) is 12.1 Å². The smallest absolute Gasteiger partial charge is 0.285 e. The predicted molar refractivity (Wildman–Crippen MR) is 101 cm³/mol. The van der Waals surface area contributed by atoms with Gasteiger partial charge in [-0.15, -0.1) is 4.40 Å². The van der Waals surface area contributed by atoms with Crippen LogP contribution in [-0.4, -0.2) is 32.0 Å². The second kappa shape index (κ2) is 6.48. The summed E-state index contributed by atoms with van der Waals surface area (Å²) < 4.78 is 27.4. The highest BCUT2D eigenvalue weighted by atomic mass is 32.2. The molecule has 8 N–H and O–H groups in total. The summed E-state index contributed by atoms with van der Waals surface area (Å²) in [5.41, 5.74) is 22.4. The van der Waals surface area contributed by atoms with Crippen LogP contribution in [0.3, 0.4) is 0 Å². The first-order valence-corrected chi connectivity index (χ1v) is 9.63. The Balaban J connectivity index is 2.00. The first kappa shape index (κ1) is 18.0. The first-order chi connectivity index (χ1) is 12.2. The summed E-state index contributed by atoms with van der Waals surface area (Å²) in [6.45, 7) is 0. The molecule has 0 amide bonds. The molecular weight excluding hydrogens is 356 g/mol. The quantitative estimate of drug-likeness (QED) is 0.414. The maximum atomic E-state index is 12.1. The van der Waals surface area contributed by atoms with Crippen molar-refractivity contribution < 1.29 is 8.42 Å². The third-order valence-electron chi connectivity index (χ3n) is 4.47. The number of anilines is 1. The Labute approximate surface area is 151 Å². The molecule has 0 saturated heterocycles. The Morgan fingerprint density at radius 3 is 2.27 bits per heavy atom. The second-order valence-corrected chi connectivity index (χ2v) is 7.91. The third kappa shape index (κ3) is 3.29. The zero-order valence-electron chi connectivity index (χ0n) is 14.2. The predicted octanol–water partition coefficient (Wildman–Crippen LogP) is -0.241. The molecule has 0 bridgehead atoms. The maximum absolute atomic E-state index is 12.1. The normalized spacial score (nSPS) is 19.6. The summed E-state index contributed by atoms with van der Waals surface area (Å²) in [5, 5.41) is 0. The van der Waals surface area contributed by atoms with Gasteiger partial charge in [-0.3, -0.25) is 4.90 Å². The number of nitrogens with zero attached hydrogens (tertiary/aromatic N) is 4. The Hall–Kier alpha value is -2.82. The van der Waals surface area contributed by atoms with Crippen molar-refractivity contribution in [1.82, 2.24) is 0 Å². The molecule has 0 radical (unpaired) electrons. The summed E-state index contributed by atoms with van der Waals surface area (Å²) in [4.78, 5) is 10.4. The average molecular weight is 378 g/mol. The molecule has 1 aromatic rings. The minimum absolute atomic E-state index is 0.0251. The van der Waals surface area contributed by atoms with Gasteiger partial charge >= 0.3 is 0 Å². The lowest BCUT2D eigenvalue weighted by molar-refractivity contribution is 0.305. The molecule has 140 valence electrons. The Morgan fingerprint density at radius 1 is 1.08 bits per heavy atom. The van der Waals surface area contributed by atoms with Crippen LogP contribution in [0.1, 0.15) is 32.1 Å². The van der Waals surface area contributed by atoms with Crippen molar-refractivity contribution >= 4 is 33.6 Å². The number of aliphatic imine (C=N–C) groups is 2. The molecule has 0 aromatic heterocycles. The lowest BCUT2D eigenvalue weighted by atomic mass is 9.87. The molecule has 1 aliphatic carbocycles. The van der Waals surface area contributed by atoms with Crippen molar-refractivity contribution in [1.29, 1.82) is 0 Å². The Morgan fingerprint density at radius 2 is 1.69 bits per heavy atom. The molecule has 0 atom stereocenters. The zero-order valence-corrected chi connectivity index (χ0v) is 15.0. The molecular formula is C15H22N8O2S. The monoisotopic (exact) mass is 378 g/mol. The van der Waals surface area contributed by atoms with Gasteiger partial charge in [-0.05, 0) is 49.9 Å². The van der Waals surface area contributed by atoms with Gasteiger partial charge in [-0.25, -0.2) is 4.99 Å². The summed E-state index contributed by atoms with van der Waals surface area (Å²) in [6, 6.07) is 6.10. The van der Waals surface area contributed by atoms with E-state index in [9.17, 15) is 8.42 Å². The lowest BCUT2D eigenvalue weighted by Crippen LogP contribution is -2.58. The van der Waals surface area contributed by atoms with Crippen molar-refractivity contribution in [2.24, 2.45) is 37.3 Å². The Kier molecular flexibility index (Phi) is 4.48. The summed E-state index contributed by atoms with van der Waals surface area (Å²) >= 11 is 0. The van der Waals surface area contributed by atoms with Crippen LogP contribution >= 0.6 is 0 Å². The van der Waals surface area contributed by atoms with Crippen LogP contribution in [0.5, 0.6) is 0 Å². The number of nitrogens with two attached hydrogens (primary N) is 4. The molecule has 1 aromatic carbocycles. The van der Waals surface area contributed by atoms with Crippen LogP contribution in [0.25, 0.3) is 0 Å². The van der Waals surface area contributed by atoms with Crippen LogP contribution in [0.2, 0.25) is 0 Å². The van der Waals surface area contributed by atoms with Gasteiger partial charge in [0.2, 0.25) is 17.9 Å². The van der Waals surface area contributed by atoms with E-state index < -0.39 is 21.6 Å². The summed E-state index contributed by atoms with van der Waals surface area (Å²) in [5.74, 6) is -0.126. The van der Waals surface area contributed by atoms with Crippen LogP contribution in [0.15, 0.2) is 43.5 Å². The van der Waals surface area contributed by atoms with Gasteiger partial charge in [0.15, 0.2) is 0 Å². The molecule has 1 saturated carbocycles. The van der Waals surface area contributed by atoms with Gasteiger partial charge in [0, 0.05) is 5.69 Å². The standard InChI is InChI=1S/C15H22N8O2S/c16-12(17)22-26(24,25)11-6-4-10(5-7-11)23-14(19)20-13(18)21-15(23)8-2-1-3-9-15/h4-7H,1-3,8-9H2,(H4,16,17,22)(H4,18,19,20,21). The first-order valence-electron chi connectivity index (χ1n) is 8.19. The van der Waals surface area contributed by atoms with E-state index in [-0.39, 0.29) is 16.8 Å². The van der Waals surface area contributed by atoms with E-state index in [0.29, 0.717) is 5.69 Å². The molecule has 2 aliphatic rings. The molecule has 1 fully saturated rings. The molecule has 1 aliphatic heterocycles. The van der Waals surface area contributed by atoms with Crippen molar-refractivity contribution in [3.8, 4) is 0 Å². The molecule has 1 heterocycles. The van der Waals surface area contributed by atoms with Crippen LogP contribution in [-0.2, 0) is 10.0 Å². The number of hydrogen-bond acceptors (Lipinski definition) is 7. The molecule has 1 spiro atoms. The number of guanidine groups is 3. The number of benzene rings is 1. The van der Waals surface area contributed by atoms with Crippen LogP contribution in [0, 0.1) is 0 Å². The van der Waals surface area contributed by atoms with Crippen LogP contribution in [0.4, 0.5) is 5.69 Å². The van der Waals surface area contributed by atoms with Crippen LogP contribution < -0.4 is 27.8 Å². The molecule has 3 rings (SSSR count). The minimum atomic E-state index is -3.95. The molecule has 11 heteroatoms. The van der Waals surface area contributed by atoms with Gasteiger partial charge in [-0.2, -0.15) is 13.4 Å². The second-order valence-electron chi connectivity index (χ2n) is 6.30. The van der Waals surface area contributed by atoms with E-state index >= 15 is 0 Å². The summed E-state index contributed by atoms with van der Waals surface area (Å²) in [6.07, 6.45) is 4.70. The SMILES string of the molecule is NC(N)=NS(=O)(=O)c1ccc(N2C(N)=NC(N)=NC23CCCCC3)cc1. The van der Waals surface area contributed by atoms with Gasteiger partial charge in [0.05, 0.1) is 4.90 Å². The highest BCUT2D eigenvalue weighted by molar-refractivity contribution is 7.90. The zero-order chi connectivity index (χ0) is 18.9. The fourth-order valence-electron chi connectivity index (χ4n) is 3.45. The largest absolute Gasteiger partial charge is 0.369 e. The fourth-order valence-corrected chi connectivity index (χ4v) is 4.32. The van der Waals surface area contributed by atoms with Gasteiger partial charge in [0.1, 0.15) is 5.66 Å². The minimum Gasteiger partial charge on any atom is -0.369 e. The lowest BCUT2D eigenvalue weighted by Gasteiger charge is -2.45. The summed E-state index contributed by atoms with van der Waals surface area (Å²) in [7, 11) is -3.95. The van der Waals surface area contributed by atoms with Gasteiger partial charge < -0.3 is 22.9 Å². The Bertz CT molecular complexity index is 879. The van der Waals surface area contributed by atoms with E-state index in [2.05, 4.69) is 14.4 Å². The van der Waals surface area contributed by atoms with Crippen molar-refractivity contribution in [3.63, 3.8) is 0 Å². The van der Waals surface area contributed by atoms with Gasteiger partial charge in [0.25, 0.3) is 10.0 Å². The van der Waals surface area contributed by atoms with E-state index in [0.717, 1.165) is 32.1 Å². The van der Waals surface area contributed by atoms with E-state index in [1.165, 1.54) is 12.1 Å². The maximum Gasteiger partial charge on any atom is 0.285 e. The number of sulfonamides is 1. The molecule has 10 nitrogen and oxygen atoms in total. The fraction of sp³-hybridized carbons (Fsp3) is 0.400. The topological polar surface area (TPSA) is 179 Å². The highest BCUT2D eigenvalue weighted by Crippen LogP contribution is 2.39.